The molecule has 0 aliphatic rings. The number of nitrogens with one attached hydrogen (secondary N) is 1. The molecule has 6 heteroatoms. The van der Waals surface area contributed by atoms with Crippen LogP contribution in [0.25, 0.3) is 11.1 Å². The number of aromatic nitrogens is 1. The first-order chi connectivity index (χ1) is 8.11. The molecule has 1 atom stereocenters. The molecular weight excluding hydrogens is 238 g/mol. The molecule has 2 rings (SSSR count). The van der Waals surface area contributed by atoms with Gasteiger partial charge >= 0.3 is 0 Å². The van der Waals surface area contributed by atoms with E-state index in [1.54, 1.807) is 13.3 Å². The number of nitrogens with zero attached hydrogens (tertiary/aromatic N) is 2. The van der Waals surface area contributed by atoms with E-state index in [1.165, 1.54) is 0 Å². The molecule has 0 fully saturated rings. The molecule has 5 nitrogen and oxygen atoms in total. The van der Waals surface area contributed by atoms with Crippen LogP contribution in [-0.4, -0.2) is 34.8 Å². The lowest BCUT2D eigenvalue weighted by Crippen LogP contribution is -2.14. The third-order valence-electron chi connectivity index (χ3n) is 2.44. The van der Waals surface area contributed by atoms with Gasteiger partial charge in [0.25, 0.3) is 6.01 Å². The molecule has 1 N–H and O–H groups in total. The van der Waals surface area contributed by atoms with E-state index in [-0.39, 0.29) is 0 Å². The number of para-hydroxylation sites is 2. The van der Waals surface area contributed by atoms with E-state index in [0.29, 0.717) is 18.3 Å². The van der Waals surface area contributed by atoms with E-state index in [4.69, 9.17) is 4.42 Å². The van der Waals surface area contributed by atoms with Crippen LogP contribution in [0.2, 0.25) is 0 Å². The SMILES string of the molecule is CN=[S@](C)(=O)CCNc1nc2ccccc2o1. The summed E-state index contributed by atoms with van der Waals surface area (Å²) in [5.74, 6) is 0.474. The minimum atomic E-state index is -2.08. The van der Waals surface area contributed by atoms with Gasteiger partial charge in [0.2, 0.25) is 0 Å². The van der Waals surface area contributed by atoms with Gasteiger partial charge in [-0.1, -0.05) is 12.1 Å². The zero-order valence-electron chi connectivity index (χ0n) is 9.84. The van der Waals surface area contributed by atoms with Gasteiger partial charge in [0, 0.05) is 35.3 Å². The van der Waals surface area contributed by atoms with Crippen LogP contribution in [-0.2, 0) is 9.73 Å². The fraction of sp³-hybridized carbons (Fsp3) is 0.364. The van der Waals surface area contributed by atoms with Crippen molar-refractivity contribution < 1.29 is 8.63 Å². The summed E-state index contributed by atoms with van der Waals surface area (Å²) in [7, 11) is -0.505. The Morgan fingerprint density at radius 1 is 1.47 bits per heavy atom. The summed E-state index contributed by atoms with van der Waals surface area (Å²) in [5, 5.41) is 3.01. The third kappa shape index (κ3) is 2.97. The predicted octanol–water partition coefficient (Wildman–Crippen LogP) is 1.97. The first-order valence-corrected chi connectivity index (χ1v) is 7.37. The minimum Gasteiger partial charge on any atom is -0.424 e. The fourth-order valence-electron chi connectivity index (χ4n) is 1.39. The molecule has 0 saturated heterocycles. The highest BCUT2D eigenvalue weighted by Gasteiger charge is 2.05. The van der Waals surface area contributed by atoms with Crippen LogP contribution in [0.3, 0.4) is 0 Å². The molecule has 0 unspecified atom stereocenters. The van der Waals surface area contributed by atoms with Crippen molar-refractivity contribution in [3.8, 4) is 0 Å². The lowest BCUT2D eigenvalue weighted by molar-refractivity contribution is 0.616. The Kier molecular flexibility index (Phi) is 3.33. The molecule has 2 aromatic rings. The number of fused-ring (bicyclic) bond motifs is 1. The van der Waals surface area contributed by atoms with E-state index in [2.05, 4.69) is 14.7 Å². The highest BCUT2D eigenvalue weighted by molar-refractivity contribution is 7.92. The minimum absolute atomic E-state index is 0.456. The van der Waals surface area contributed by atoms with Crippen molar-refractivity contribution in [2.45, 2.75) is 0 Å². The van der Waals surface area contributed by atoms with E-state index < -0.39 is 9.73 Å². The van der Waals surface area contributed by atoms with Gasteiger partial charge in [0.05, 0.1) is 0 Å². The Bertz CT molecular complexity index is 593. The number of benzene rings is 1. The second-order valence-corrected chi connectivity index (χ2v) is 6.45. The van der Waals surface area contributed by atoms with Crippen LogP contribution in [0.1, 0.15) is 0 Å². The molecule has 0 radical (unpaired) electrons. The molecule has 1 aromatic carbocycles. The molecule has 0 amide bonds. The third-order valence-corrected chi connectivity index (χ3v) is 4.17. The summed E-state index contributed by atoms with van der Waals surface area (Å²) in [6.45, 7) is 0.527. The molecule has 0 aliphatic carbocycles. The molecule has 0 spiro atoms. The van der Waals surface area contributed by atoms with Gasteiger partial charge in [-0.25, -0.2) is 8.57 Å². The standard InChI is InChI=1S/C11H15N3O2S/c1-12-17(2,15)8-7-13-11-14-9-5-3-4-6-10(9)16-11/h3-6H,7-8H2,1-2H3,(H,13,14)/t17-/m1/s1. The first kappa shape index (κ1) is 11.9. The van der Waals surface area contributed by atoms with Crippen molar-refractivity contribution in [2.24, 2.45) is 4.36 Å². The number of hydrogen-bond acceptors (Lipinski definition) is 5. The Balaban J connectivity index is 2.02. The zero-order chi connectivity index (χ0) is 12.3. The van der Waals surface area contributed by atoms with Gasteiger partial charge in [0.15, 0.2) is 5.58 Å². The van der Waals surface area contributed by atoms with Gasteiger partial charge in [-0.05, 0) is 12.1 Å². The first-order valence-electron chi connectivity index (χ1n) is 5.28. The molecule has 0 aliphatic heterocycles. The zero-order valence-corrected chi connectivity index (χ0v) is 10.7. The highest BCUT2D eigenvalue weighted by Crippen LogP contribution is 2.17. The molecule has 17 heavy (non-hydrogen) atoms. The van der Waals surface area contributed by atoms with Gasteiger partial charge < -0.3 is 9.73 Å². The van der Waals surface area contributed by atoms with Crippen molar-refractivity contribution in [1.82, 2.24) is 4.98 Å². The van der Waals surface area contributed by atoms with Crippen molar-refractivity contribution in [1.29, 1.82) is 0 Å². The fourth-order valence-corrected chi connectivity index (χ4v) is 2.05. The van der Waals surface area contributed by atoms with E-state index >= 15 is 0 Å². The number of oxazole rings is 1. The van der Waals surface area contributed by atoms with Crippen LogP contribution in [0.15, 0.2) is 33.0 Å². The van der Waals surface area contributed by atoms with E-state index in [0.717, 1.165) is 11.1 Å². The Morgan fingerprint density at radius 2 is 2.24 bits per heavy atom. The van der Waals surface area contributed by atoms with E-state index in [1.807, 2.05) is 24.3 Å². The number of anilines is 1. The van der Waals surface area contributed by atoms with Crippen molar-refractivity contribution >= 4 is 26.8 Å². The van der Waals surface area contributed by atoms with Crippen LogP contribution < -0.4 is 5.32 Å². The van der Waals surface area contributed by atoms with Crippen LogP contribution in [0.4, 0.5) is 6.01 Å². The summed E-state index contributed by atoms with van der Waals surface area (Å²) in [6, 6.07) is 8.00. The highest BCUT2D eigenvalue weighted by atomic mass is 32.2. The van der Waals surface area contributed by atoms with Crippen molar-refractivity contribution in [2.75, 3.05) is 30.9 Å². The largest absolute Gasteiger partial charge is 0.424 e. The van der Waals surface area contributed by atoms with Gasteiger partial charge in [-0.15, -0.1) is 0 Å². The second-order valence-electron chi connectivity index (χ2n) is 3.76. The average Bonchev–Trinajstić information content (AvgIpc) is 2.71. The van der Waals surface area contributed by atoms with Crippen LogP contribution >= 0.6 is 0 Å². The summed E-state index contributed by atoms with van der Waals surface area (Å²) in [5.41, 5.74) is 1.56. The normalized spacial score (nSPS) is 14.5. The second kappa shape index (κ2) is 4.75. The molecule has 1 aromatic heterocycles. The maximum Gasteiger partial charge on any atom is 0.295 e. The quantitative estimate of drug-likeness (QED) is 0.904. The lowest BCUT2D eigenvalue weighted by atomic mass is 10.3. The molecule has 0 saturated carbocycles. The topological polar surface area (TPSA) is 67.5 Å². The Hall–Kier alpha value is -1.56. The number of hydrogen-bond donors (Lipinski definition) is 1. The smallest absolute Gasteiger partial charge is 0.295 e. The van der Waals surface area contributed by atoms with Crippen LogP contribution in [0.5, 0.6) is 0 Å². The van der Waals surface area contributed by atoms with Gasteiger partial charge in [-0.2, -0.15) is 4.98 Å². The Morgan fingerprint density at radius 3 is 2.94 bits per heavy atom. The summed E-state index contributed by atoms with van der Waals surface area (Å²) < 4.78 is 21.0. The maximum atomic E-state index is 11.7. The molecular formula is C11H15N3O2S. The predicted molar refractivity (Wildman–Crippen MR) is 69.8 cm³/mol. The molecule has 0 bridgehead atoms. The van der Waals surface area contributed by atoms with Crippen LogP contribution in [0, 0.1) is 0 Å². The number of rotatable bonds is 4. The molecule has 1 heterocycles. The van der Waals surface area contributed by atoms with Crippen molar-refractivity contribution in [3.63, 3.8) is 0 Å². The van der Waals surface area contributed by atoms with Crippen molar-refractivity contribution in [3.05, 3.63) is 24.3 Å². The molecule has 92 valence electrons. The summed E-state index contributed by atoms with van der Waals surface area (Å²) >= 11 is 0. The lowest BCUT2D eigenvalue weighted by Gasteiger charge is -2.02. The maximum absolute atomic E-state index is 11.7. The summed E-state index contributed by atoms with van der Waals surface area (Å²) in [4.78, 5) is 4.26. The monoisotopic (exact) mass is 253 g/mol. The Labute approximate surface area is 100 Å². The van der Waals surface area contributed by atoms with Gasteiger partial charge in [0.1, 0.15) is 5.52 Å². The average molecular weight is 253 g/mol. The van der Waals surface area contributed by atoms with Gasteiger partial charge in [-0.3, -0.25) is 0 Å². The van der Waals surface area contributed by atoms with E-state index in [9.17, 15) is 4.21 Å². The summed E-state index contributed by atoms with van der Waals surface area (Å²) in [6.07, 6.45) is 1.64.